The van der Waals surface area contributed by atoms with E-state index in [9.17, 15) is 4.79 Å². The normalized spacial score (nSPS) is 11.2. The van der Waals surface area contributed by atoms with Crippen molar-refractivity contribution in [2.75, 3.05) is 32.6 Å². The van der Waals surface area contributed by atoms with Gasteiger partial charge in [-0.1, -0.05) is 0 Å². The third-order valence-corrected chi connectivity index (χ3v) is 3.70. The number of aryl methyl sites for hydroxylation is 1. The molecule has 0 aromatic carbocycles. The summed E-state index contributed by atoms with van der Waals surface area (Å²) in [5.41, 5.74) is 1.82. The maximum absolute atomic E-state index is 12.5. The fourth-order valence-corrected chi connectivity index (χ4v) is 2.46. The zero-order chi connectivity index (χ0) is 17.8. The molecule has 0 atom stereocenters. The second-order valence-corrected chi connectivity index (χ2v) is 6.08. The molecule has 8 heteroatoms. The van der Waals surface area contributed by atoms with Crippen LogP contribution in [0.15, 0.2) is 30.6 Å². The summed E-state index contributed by atoms with van der Waals surface area (Å²) in [6.07, 6.45) is 4.32. The number of carbonyl (C=O) groups is 1. The number of fused-ring (bicyclic) bond motifs is 1. The molecule has 0 saturated heterocycles. The topological polar surface area (TPSA) is 88.1 Å². The smallest absolute Gasteiger partial charge is 0.260 e. The SMILES string of the molecule is CN(C)CCCOc1ccc2[nH]cc(C(=O)Nc3ccn(C)n3)c2n1. The zero-order valence-electron chi connectivity index (χ0n) is 14.6. The molecule has 0 radical (unpaired) electrons. The molecular weight excluding hydrogens is 320 g/mol. The quantitative estimate of drug-likeness (QED) is 0.640. The van der Waals surface area contributed by atoms with E-state index in [4.69, 9.17) is 4.74 Å². The van der Waals surface area contributed by atoms with Crippen LogP contribution in [0.3, 0.4) is 0 Å². The van der Waals surface area contributed by atoms with E-state index in [0.29, 0.717) is 29.4 Å². The number of anilines is 1. The Labute approximate surface area is 145 Å². The van der Waals surface area contributed by atoms with Crippen molar-refractivity contribution in [3.05, 3.63) is 36.2 Å². The molecule has 3 rings (SSSR count). The summed E-state index contributed by atoms with van der Waals surface area (Å²) in [5.74, 6) is 0.748. The molecule has 0 saturated carbocycles. The van der Waals surface area contributed by atoms with Gasteiger partial charge in [0.15, 0.2) is 5.82 Å². The number of H-pyrrole nitrogens is 1. The first-order valence-corrected chi connectivity index (χ1v) is 8.09. The van der Waals surface area contributed by atoms with Gasteiger partial charge < -0.3 is 19.9 Å². The van der Waals surface area contributed by atoms with Gasteiger partial charge in [0.2, 0.25) is 5.88 Å². The van der Waals surface area contributed by atoms with Crippen LogP contribution in [-0.4, -0.2) is 57.8 Å². The van der Waals surface area contributed by atoms with Gasteiger partial charge in [-0.3, -0.25) is 9.48 Å². The highest BCUT2D eigenvalue weighted by atomic mass is 16.5. The Hall–Kier alpha value is -2.87. The van der Waals surface area contributed by atoms with Crippen molar-refractivity contribution in [1.82, 2.24) is 24.6 Å². The molecular formula is C17H22N6O2. The Balaban J connectivity index is 1.72. The Morgan fingerprint density at radius 2 is 2.20 bits per heavy atom. The summed E-state index contributed by atoms with van der Waals surface area (Å²) in [5, 5.41) is 6.91. The molecule has 3 aromatic heterocycles. The minimum Gasteiger partial charge on any atom is -0.478 e. The first kappa shape index (κ1) is 17.0. The lowest BCUT2D eigenvalue weighted by Gasteiger charge is -2.10. The highest BCUT2D eigenvalue weighted by Gasteiger charge is 2.15. The molecule has 1 amide bonds. The van der Waals surface area contributed by atoms with Gasteiger partial charge in [0.1, 0.15) is 5.52 Å². The van der Waals surface area contributed by atoms with Crippen molar-refractivity contribution in [2.24, 2.45) is 7.05 Å². The average Bonchev–Trinajstić information content (AvgIpc) is 3.17. The molecule has 132 valence electrons. The lowest BCUT2D eigenvalue weighted by Crippen LogP contribution is -2.15. The lowest BCUT2D eigenvalue weighted by molar-refractivity contribution is 0.102. The zero-order valence-corrected chi connectivity index (χ0v) is 14.6. The first-order valence-electron chi connectivity index (χ1n) is 8.09. The molecule has 0 aliphatic carbocycles. The van der Waals surface area contributed by atoms with Gasteiger partial charge in [-0.2, -0.15) is 5.10 Å². The van der Waals surface area contributed by atoms with Crippen molar-refractivity contribution < 1.29 is 9.53 Å². The Morgan fingerprint density at radius 1 is 1.36 bits per heavy atom. The van der Waals surface area contributed by atoms with E-state index in [1.807, 2.05) is 20.2 Å². The van der Waals surface area contributed by atoms with Gasteiger partial charge in [-0.25, -0.2) is 4.98 Å². The third kappa shape index (κ3) is 4.16. The number of rotatable bonds is 7. The van der Waals surface area contributed by atoms with E-state index < -0.39 is 0 Å². The lowest BCUT2D eigenvalue weighted by atomic mass is 10.2. The Morgan fingerprint density at radius 3 is 2.92 bits per heavy atom. The standard InChI is InChI=1S/C17H22N6O2/c1-22(2)8-4-10-25-15-6-5-13-16(20-15)12(11-18-13)17(24)19-14-7-9-23(3)21-14/h5-7,9,11,18H,4,8,10H2,1-3H3,(H,19,21,24). The van der Waals surface area contributed by atoms with Gasteiger partial charge in [-0.05, 0) is 26.6 Å². The highest BCUT2D eigenvalue weighted by Crippen LogP contribution is 2.20. The van der Waals surface area contributed by atoms with Crippen molar-refractivity contribution >= 4 is 22.8 Å². The van der Waals surface area contributed by atoms with Crippen LogP contribution in [0.1, 0.15) is 16.8 Å². The number of hydrogen-bond donors (Lipinski definition) is 2. The van der Waals surface area contributed by atoms with Gasteiger partial charge >= 0.3 is 0 Å². The number of hydrogen-bond acceptors (Lipinski definition) is 5. The number of pyridine rings is 1. The summed E-state index contributed by atoms with van der Waals surface area (Å²) < 4.78 is 7.32. The molecule has 3 aromatic rings. The molecule has 2 N–H and O–H groups in total. The number of nitrogens with one attached hydrogen (secondary N) is 2. The van der Waals surface area contributed by atoms with Crippen molar-refractivity contribution in [3.63, 3.8) is 0 Å². The van der Waals surface area contributed by atoms with E-state index in [0.717, 1.165) is 18.5 Å². The molecule has 3 heterocycles. The molecule has 25 heavy (non-hydrogen) atoms. The molecule has 0 bridgehead atoms. The fourth-order valence-electron chi connectivity index (χ4n) is 2.46. The van der Waals surface area contributed by atoms with Crippen LogP contribution in [0.4, 0.5) is 5.82 Å². The predicted molar refractivity (Wildman–Crippen MR) is 95.9 cm³/mol. The van der Waals surface area contributed by atoms with Crippen molar-refractivity contribution in [1.29, 1.82) is 0 Å². The van der Waals surface area contributed by atoms with Crippen LogP contribution in [-0.2, 0) is 7.05 Å². The highest BCUT2D eigenvalue weighted by molar-refractivity contribution is 6.11. The van der Waals surface area contributed by atoms with Crippen LogP contribution in [0, 0.1) is 0 Å². The summed E-state index contributed by atoms with van der Waals surface area (Å²) in [4.78, 5) is 22.1. The second-order valence-electron chi connectivity index (χ2n) is 6.08. The fraction of sp³-hybridized carbons (Fsp3) is 0.353. The van der Waals surface area contributed by atoms with E-state index in [2.05, 4.69) is 25.3 Å². The van der Waals surface area contributed by atoms with Crippen LogP contribution in [0.5, 0.6) is 5.88 Å². The van der Waals surface area contributed by atoms with Crippen LogP contribution < -0.4 is 10.1 Å². The molecule has 0 unspecified atom stereocenters. The van der Waals surface area contributed by atoms with Gasteiger partial charge in [-0.15, -0.1) is 0 Å². The Bertz CT molecular complexity index is 867. The van der Waals surface area contributed by atoms with E-state index in [-0.39, 0.29) is 5.91 Å². The molecule has 8 nitrogen and oxygen atoms in total. The summed E-state index contributed by atoms with van der Waals surface area (Å²) >= 11 is 0. The van der Waals surface area contributed by atoms with Crippen molar-refractivity contribution in [3.8, 4) is 5.88 Å². The van der Waals surface area contributed by atoms with Gasteiger partial charge in [0.05, 0.1) is 17.7 Å². The first-order chi connectivity index (χ1) is 12.0. The Kier molecular flexibility index (Phi) is 4.99. The van der Waals surface area contributed by atoms with Crippen molar-refractivity contribution in [2.45, 2.75) is 6.42 Å². The number of ether oxygens (including phenoxy) is 1. The van der Waals surface area contributed by atoms with E-state index in [1.54, 1.807) is 36.3 Å². The van der Waals surface area contributed by atoms with Crippen LogP contribution >= 0.6 is 0 Å². The maximum Gasteiger partial charge on any atom is 0.260 e. The van der Waals surface area contributed by atoms with Crippen LogP contribution in [0.2, 0.25) is 0 Å². The number of carbonyl (C=O) groups excluding carboxylic acids is 1. The number of aromatic amines is 1. The molecule has 0 fully saturated rings. The minimum atomic E-state index is -0.262. The van der Waals surface area contributed by atoms with Gasteiger partial charge in [0.25, 0.3) is 5.91 Å². The second kappa shape index (κ2) is 7.35. The minimum absolute atomic E-state index is 0.262. The molecule has 0 spiro atoms. The number of amides is 1. The monoisotopic (exact) mass is 342 g/mol. The van der Waals surface area contributed by atoms with E-state index >= 15 is 0 Å². The third-order valence-electron chi connectivity index (χ3n) is 3.70. The number of aromatic nitrogens is 4. The predicted octanol–water partition coefficient (Wildman–Crippen LogP) is 1.88. The van der Waals surface area contributed by atoms with E-state index in [1.165, 1.54) is 0 Å². The number of nitrogens with zero attached hydrogens (tertiary/aromatic N) is 4. The summed E-state index contributed by atoms with van der Waals surface area (Å²) in [7, 11) is 5.84. The largest absolute Gasteiger partial charge is 0.478 e. The van der Waals surface area contributed by atoms with Gasteiger partial charge in [0, 0.05) is 38.1 Å². The maximum atomic E-state index is 12.5. The molecule has 0 aliphatic heterocycles. The summed E-state index contributed by atoms with van der Waals surface area (Å²) in [6.45, 7) is 1.53. The summed E-state index contributed by atoms with van der Waals surface area (Å²) in [6, 6.07) is 5.40. The van der Waals surface area contributed by atoms with Crippen LogP contribution in [0.25, 0.3) is 11.0 Å². The average molecular weight is 342 g/mol. The molecule has 0 aliphatic rings.